The smallest absolute Gasteiger partial charge is 0.243 e. The fourth-order valence-electron chi connectivity index (χ4n) is 3.38. The number of rotatable bonds is 5. The van der Waals surface area contributed by atoms with Crippen molar-refractivity contribution >= 4 is 28.1 Å². The summed E-state index contributed by atoms with van der Waals surface area (Å²) in [5.41, 5.74) is 4.37. The van der Waals surface area contributed by atoms with Gasteiger partial charge in [-0.05, 0) is 37.4 Å². The average Bonchev–Trinajstić information content (AvgIpc) is 3.01. The van der Waals surface area contributed by atoms with Crippen molar-refractivity contribution < 1.29 is 4.79 Å². The number of amides is 1. The van der Waals surface area contributed by atoms with E-state index in [1.165, 1.54) is 0 Å². The fraction of sp³-hybridized carbons (Fsp3) is 0.130. The van der Waals surface area contributed by atoms with Gasteiger partial charge in [0.15, 0.2) is 0 Å². The van der Waals surface area contributed by atoms with Crippen LogP contribution in [0.1, 0.15) is 11.4 Å². The Morgan fingerprint density at radius 1 is 0.929 bits per heavy atom. The van der Waals surface area contributed by atoms with Gasteiger partial charge in [-0.2, -0.15) is 5.10 Å². The molecular formula is C23H22N4O. The summed E-state index contributed by atoms with van der Waals surface area (Å²) in [6.07, 6.45) is 0. The third kappa shape index (κ3) is 3.47. The molecule has 0 aliphatic carbocycles. The molecule has 0 bridgehead atoms. The van der Waals surface area contributed by atoms with E-state index in [1.807, 2.05) is 79.2 Å². The molecule has 28 heavy (non-hydrogen) atoms. The zero-order valence-corrected chi connectivity index (χ0v) is 15.9. The van der Waals surface area contributed by atoms with Crippen LogP contribution in [0, 0.1) is 13.8 Å². The van der Waals surface area contributed by atoms with E-state index in [4.69, 9.17) is 0 Å². The van der Waals surface area contributed by atoms with Gasteiger partial charge in [-0.3, -0.25) is 4.79 Å². The van der Waals surface area contributed by atoms with Crippen LogP contribution in [0.4, 0.5) is 11.4 Å². The predicted molar refractivity (Wildman–Crippen MR) is 114 cm³/mol. The third-order valence-corrected chi connectivity index (χ3v) is 4.79. The summed E-state index contributed by atoms with van der Waals surface area (Å²) in [6.45, 7) is 4.05. The molecule has 0 saturated heterocycles. The SMILES string of the molecule is Cc1nn(-c2ccccc2)c(C)c1NC(=O)CNc1cccc2ccccc12. The number of hydrogen-bond acceptors (Lipinski definition) is 3. The Morgan fingerprint density at radius 2 is 1.64 bits per heavy atom. The van der Waals surface area contributed by atoms with Crippen molar-refractivity contribution in [1.29, 1.82) is 0 Å². The van der Waals surface area contributed by atoms with Crippen LogP contribution in [-0.4, -0.2) is 22.2 Å². The molecule has 2 N–H and O–H groups in total. The highest BCUT2D eigenvalue weighted by atomic mass is 16.1. The Hall–Kier alpha value is -3.60. The van der Waals surface area contributed by atoms with Gasteiger partial charge in [0.25, 0.3) is 0 Å². The second-order valence-electron chi connectivity index (χ2n) is 6.72. The minimum atomic E-state index is -0.105. The van der Waals surface area contributed by atoms with Crippen molar-refractivity contribution in [3.63, 3.8) is 0 Å². The normalized spacial score (nSPS) is 10.8. The largest absolute Gasteiger partial charge is 0.376 e. The third-order valence-electron chi connectivity index (χ3n) is 4.79. The number of aryl methyl sites for hydroxylation is 1. The van der Waals surface area contributed by atoms with Crippen molar-refractivity contribution in [2.75, 3.05) is 17.2 Å². The van der Waals surface area contributed by atoms with Gasteiger partial charge in [0.1, 0.15) is 0 Å². The molecule has 140 valence electrons. The van der Waals surface area contributed by atoms with E-state index in [0.717, 1.165) is 39.2 Å². The molecular weight excluding hydrogens is 348 g/mol. The number of benzene rings is 3. The van der Waals surface area contributed by atoms with Crippen molar-refractivity contribution in [2.45, 2.75) is 13.8 Å². The molecule has 0 radical (unpaired) electrons. The first-order chi connectivity index (χ1) is 13.6. The van der Waals surface area contributed by atoms with Gasteiger partial charge in [0.2, 0.25) is 5.91 Å². The molecule has 5 heteroatoms. The van der Waals surface area contributed by atoms with E-state index in [2.05, 4.69) is 27.9 Å². The lowest BCUT2D eigenvalue weighted by atomic mass is 10.1. The number of carbonyl (C=O) groups is 1. The number of carbonyl (C=O) groups excluding carboxylic acids is 1. The van der Waals surface area contributed by atoms with E-state index in [0.29, 0.717) is 0 Å². The first-order valence-electron chi connectivity index (χ1n) is 9.26. The maximum absolute atomic E-state index is 12.6. The average molecular weight is 370 g/mol. The van der Waals surface area contributed by atoms with Crippen molar-refractivity contribution in [3.8, 4) is 5.69 Å². The van der Waals surface area contributed by atoms with Gasteiger partial charge >= 0.3 is 0 Å². The van der Waals surface area contributed by atoms with Crippen LogP contribution < -0.4 is 10.6 Å². The van der Waals surface area contributed by atoms with Crippen molar-refractivity contribution in [2.24, 2.45) is 0 Å². The van der Waals surface area contributed by atoms with Crippen LogP contribution in [-0.2, 0) is 4.79 Å². The van der Waals surface area contributed by atoms with E-state index < -0.39 is 0 Å². The lowest BCUT2D eigenvalue weighted by Crippen LogP contribution is -2.22. The number of nitrogens with one attached hydrogen (secondary N) is 2. The second kappa shape index (κ2) is 7.56. The first-order valence-corrected chi connectivity index (χ1v) is 9.26. The lowest BCUT2D eigenvalue weighted by molar-refractivity contribution is -0.114. The van der Waals surface area contributed by atoms with Crippen LogP contribution in [0.15, 0.2) is 72.8 Å². The molecule has 1 aromatic heterocycles. The molecule has 0 aliphatic heterocycles. The van der Waals surface area contributed by atoms with Crippen LogP contribution in [0.25, 0.3) is 16.5 Å². The number of fused-ring (bicyclic) bond motifs is 1. The van der Waals surface area contributed by atoms with Gasteiger partial charge in [0, 0.05) is 11.1 Å². The number of anilines is 2. The molecule has 0 spiro atoms. The maximum Gasteiger partial charge on any atom is 0.243 e. The Kier molecular flexibility index (Phi) is 4.81. The van der Waals surface area contributed by atoms with Crippen LogP contribution in [0.5, 0.6) is 0 Å². The zero-order chi connectivity index (χ0) is 19.5. The number of para-hydroxylation sites is 1. The van der Waals surface area contributed by atoms with Crippen LogP contribution in [0.2, 0.25) is 0 Å². The maximum atomic E-state index is 12.6. The Bertz CT molecular complexity index is 1130. The number of hydrogen-bond donors (Lipinski definition) is 2. The molecule has 4 aromatic rings. The van der Waals surface area contributed by atoms with Gasteiger partial charge in [-0.15, -0.1) is 0 Å². The van der Waals surface area contributed by atoms with E-state index in [-0.39, 0.29) is 12.5 Å². The van der Waals surface area contributed by atoms with Crippen molar-refractivity contribution in [3.05, 3.63) is 84.2 Å². The summed E-state index contributed by atoms with van der Waals surface area (Å²) in [5, 5.41) is 13.1. The molecule has 0 atom stereocenters. The molecule has 3 aromatic carbocycles. The molecule has 0 saturated carbocycles. The number of nitrogens with zero attached hydrogens (tertiary/aromatic N) is 2. The topological polar surface area (TPSA) is 59.0 Å². The number of aromatic nitrogens is 2. The first kappa shape index (κ1) is 17.8. The standard InChI is InChI=1S/C23H22N4O/c1-16-23(17(2)27(26-16)19-11-4-3-5-12-19)25-22(28)15-24-21-14-8-10-18-9-6-7-13-20(18)21/h3-14,24H,15H2,1-2H3,(H,25,28). The fourth-order valence-corrected chi connectivity index (χ4v) is 3.38. The zero-order valence-electron chi connectivity index (χ0n) is 15.9. The van der Waals surface area contributed by atoms with Gasteiger partial charge in [-0.25, -0.2) is 4.68 Å². The molecule has 0 unspecified atom stereocenters. The van der Waals surface area contributed by atoms with E-state index in [9.17, 15) is 4.79 Å². The molecule has 4 rings (SSSR count). The highest BCUT2D eigenvalue weighted by Gasteiger charge is 2.15. The Morgan fingerprint density at radius 3 is 2.46 bits per heavy atom. The molecule has 5 nitrogen and oxygen atoms in total. The second-order valence-corrected chi connectivity index (χ2v) is 6.72. The summed E-state index contributed by atoms with van der Waals surface area (Å²) in [6, 6.07) is 24.0. The minimum absolute atomic E-state index is 0.105. The lowest BCUT2D eigenvalue weighted by Gasteiger charge is -2.11. The summed E-state index contributed by atoms with van der Waals surface area (Å²) in [7, 11) is 0. The summed E-state index contributed by atoms with van der Waals surface area (Å²) in [4.78, 5) is 12.6. The molecule has 0 aliphatic rings. The van der Waals surface area contributed by atoms with Gasteiger partial charge in [-0.1, -0.05) is 54.6 Å². The quantitative estimate of drug-likeness (QED) is 0.536. The van der Waals surface area contributed by atoms with E-state index in [1.54, 1.807) is 0 Å². The molecule has 0 fully saturated rings. The van der Waals surface area contributed by atoms with Crippen LogP contribution >= 0.6 is 0 Å². The summed E-state index contributed by atoms with van der Waals surface area (Å²) < 4.78 is 1.85. The minimum Gasteiger partial charge on any atom is -0.376 e. The Labute approximate surface area is 164 Å². The van der Waals surface area contributed by atoms with Crippen molar-refractivity contribution in [1.82, 2.24) is 9.78 Å². The highest BCUT2D eigenvalue weighted by molar-refractivity contribution is 5.98. The molecule has 1 heterocycles. The van der Waals surface area contributed by atoms with Crippen LogP contribution in [0.3, 0.4) is 0 Å². The summed E-state index contributed by atoms with van der Waals surface area (Å²) >= 11 is 0. The van der Waals surface area contributed by atoms with Gasteiger partial charge in [0.05, 0.1) is 29.3 Å². The van der Waals surface area contributed by atoms with Gasteiger partial charge < -0.3 is 10.6 Å². The Balaban J connectivity index is 1.49. The monoisotopic (exact) mass is 370 g/mol. The van der Waals surface area contributed by atoms with E-state index >= 15 is 0 Å². The highest BCUT2D eigenvalue weighted by Crippen LogP contribution is 2.24. The predicted octanol–water partition coefficient (Wildman–Crippen LogP) is 4.69. The molecule has 1 amide bonds. The summed E-state index contributed by atoms with van der Waals surface area (Å²) in [5.74, 6) is -0.105.